The molecule has 1 N–H and O–H groups in total. The number of aryl methyl sites for hydroxylation is 1. The molecular weight excluding hydrogens is 322 g/mol. The highest BCUT2D eigenvalue weighted by Gasteiger charge is 2.23. The second-order valence-electron chi connectivity index (χ2n) is 6.46. The van der Waals surface area contributed by atoms with Crippen LogP contribution in [0.15, 0.2) is 53.0 Å². The maximum Gasteiger partial charge on any atom is 0.0353 e. The van der Waals surface area contributed by atoms with Gasteiger partial charge in [-0.2, -0.15) is 0 Å². The van der Waals surface area contributed by atoms with Crippen molar-refractivity contribution in [1.82, 2.24) is 0 Å². The lowest BCUT2D eigenvalue weighted by atomic mass is 9.79. The molecule has 0 saturated heterocycles. The first-order valence-electron chi connectivity index (χ1n) is 7.47. The molecule has 2 heteroatoms. The highest BCUT2D eigenvalue weighted by Crippen LogP contribution is 2.29. The molecule has 2 aromatic rings. The van der Waals surface area contributed by atoms with Crippen LogP contribution >= 0.6 is 15.9 Å². The van der Waals surface area contributed by atoms with Crippen molar-refractivity contribution < 1.29 is 0 Å². The first-order chi connectivity index (χ1) is 9.88. The lowest BCUT2D eigenvalue weighted by Crippen LogP contribution is -2.27. The Hall–Kier alpha value is -1.28. The van der Waals surface area contributed by atoms with Gasteiger partial charge in [-0.05, 0) is 48.9 Å². The van der Waals surface area contributed by atoms with Crippen molar-refractivity contribution in [3.63, 3.8) is 0 Å². The molecule has 0 aromatic heterocycles. The van der Waals surface area contributed by atoms with Gasteiger partial charge in [-0.3, -0.25) is 0 Å². The number of anilines is 1. The third kappa shape index (κ3) is 4.34. The second-order valence-corrected chi connectivity index (χ2v) is 7.32. The number of nitrogens with one attached hydrogen (secondary N) is 1. The molecule has 0 aliphatic rings. The van der Waals surface area contributed by atoms with Gasteiger partial charge in [-0.15, -0.1) is 0 Å². The highest BCUT2D eigenvalue weighted by atomic mass is 79.9. The number of hydrogen-bond acceptors (Lipinski definition) is 1. The lowest BCUT2D eigenvalue weighted by molar-refractivity contribution is 0.450. The van der Waals surface area contributed by atoms with Gasteiger partial charge in [0, 0.05) is 16.2 Å². The summed E-state index contributed by atoms with van der Waals surface area (Å²) in [4.78, 5) is 0. The van der Waals surface area contributed by atoms with Gasteiger partial charge in [0.25, 0.3) is 0 Å². The molecule has 0 saturated carbocycles. The smallest absolute Gasteiger partial charge is 0.0353 e. The molecule has 1 nitrogen and oxygen atoms in total. The van der Waals surface area contributed by atoms with E-state index in [-0.39, 0.29) is 5.41 Å². The summed E-state index contributed by atoms with van der Waals surface area (Å²) >= 11 is 3.59. The topological polar surface area (TPSA) is 12.0 Å². The molecule has 0 aliphatic heterocycles. The summed E-state index contributed by atoms with van der Waals surface area (Å²) < 4.78 is 1.15. The summed E-state index contributed by atoms with van der Waals surface area (Å²) in [5.74, 6) is 0. The summed E-state index contributed by atoms with van der Waals surface area (Å²) in [6.07, 6.45) is 1.09. The van der Waals surface area contributed by atoms with Crippen molar-refractivity contribution in [2.24, 2.45) is 0 Å². The van der Waals surface area contributed by atoms with E-state index in [0.29, 0.717) is 6.04 Å². The van der Waals surface area contributed by atoms with E-state index in [9.17, 15) is 0 Å². The van der Waals surface area contributed by atoms with Gasteiger partial charge in [0.1, 0.15) is 0 Å². The molecule has 1 unspecified atom stereocenters. The summed E-state index contributed by atoms with van der Waals surface area (Å²) in [6, 6.07) is 17.6. The van der Waals surface area contributed by atoms with E-state index in [1.54, 1.807) is 0 Å². The van der Waals surface area contributed by atoms with Crippen molar-refractivity contribution in [2.45, 2.75) is 45.6 Å². The molecule has 0 aliphatic carbocycles. The van der Waals surface area contributed by atoms with Crippen molar-refractivity contribution in [1.29, 1.82) is 0 Å². The normalized spacial score (nSPS) is 13.0. The van der Waals surface area contributed by atoms with Crippen molar-refractivity contribution in [3.05, 3.63) is 64.1 Å². The molecule has 0 radical (unpaired) electrons. The van der Waals surface area contributed by atoms with Crippen LogP contribution < -0.4 is 5.32 Å². The Morgan fingerprint density at radius 1 is 1.10 bits per heavy atom. The standard InChI is InChI=1S/C19H24BrN/c1-14-10-11-17(12-18(14)20)21-15(2)13-19(3,4)16-8-6-5-7-9-16/h5-12,15,21H,13H2,1-4H3. The van der Waals surface area contributed by atoms with Gasteiger partial charge >= 0.3 is 0 Å². The third-order valence-electron chi connectivity index (χ3n) is 3.96. The molecule has 0 spiro atoms. The molecule has 2 aromatic carbocycles. The molecule has 0 bridgehead atoms. The van der Waals surface area contributed by atoms with Gasteiger partial charge in [0.2, 0.25) is 0 Å². The van der Waals surface area contributed by atoms with E-state index in [4.69, 9.17) is 0 Å². The van der Waals surface area contributed by atoms with E-state index in [1.807, 2.05) is 0 Å². The summed E-state index contributed by atoms with van der Waals surface area (Å²) in [7, 11) is 0. The summed E-state index contributed by atoms with van der Waals surface area (Å²) in [5.41, 5.74) is 3.99. The Bertz CT molecular complexity index is 590. The molecule has 0 amide bonds. The van der Waals surface area contributed by atoms with E-state index >= 15 is 0 Å². The Morgan fingerprint density at radius 2 is 1.76 bits per heavy atom. The van der Waals surface area contributed by atoms with Crippen molar-refractivity contribution in [3.8, 4) is 0 Å². The maximum absolute atomic E-state index is 3.61. The predicted octanol–water partition coefficient (Wildman–Crippen LogP) is 5.93. The molecule has 21 heavy (non-hydrogen) atoms. The first-order valence-corrected chi connectivity index (χ1v) is 8.26. The van der Waals surface area contributed by atoms with Crippen LogP contribution in [0.4, 0.5) is 5.69 Å². The molecule has 2 rings (SSSR count). The Labute approximate surface area is 136 Å². The van der Waals surface area contributed by atoms with Gasteiger partial charge in [-0.25, -0.2) is 0 Å². The fourth-order valence-electron chi connectivity index (χ4n) is 2.79. The Morgan fingerprint density at radius 3 is 2.38 bits per heavy atom. The molecule has 0 fully saturated rings. The van der Waals surface area contributed by atoms with Crippen molar-refractivity contribution in [2.75, 3.05) is 5.32 Å². The molecule has 1 atom stereocenters. The third-order valence-corrected chi connectivity index (χ3v) is 4.81. The largest absolute Gasteiger partial charge is 0.383 e. The molecule has 112 valence electrons. The fraction of sp³-hybridized carbons (Fsp3) is 0.368. The minimum atomic E-state index is 0.162. The van der Waals surface area contributed by atoms with Gasteiger partial charge in [0.15, 0.2) is 0 Å². The zero-order valence-corrected chi connectivity index (χ0v) is 14.9. The molecule has 0 heterocycles. The van der Waals surface area contributed by atoms with Gasteiger partial charge in [-0.1, -0.05) is 66.2 Å². The SMILES string of the molecule is Cc1ccc(NC(C)CC(C)(C)c2ccccc2)cc1Br. The van der Waals surface area contributed by atoms with Crippen LogP contribution in [-0.4, -0.2) is 6.04 Å². The Kier molecular flexibility index (Phi) is 5.10. The molecular formula is C19H24BrN. The lowest BCUT2D eigenvalue weighted by Gasteiger charge is -2.29. The van der Waals surface area contributed by atoms with Crippen LogP contribution in [0.1, 0.15) is 38.3 Å². The minimum absolute atomic E-state index is 0.162. The van der Waals surface area contributed by atoms with Gasteiger partial charge < -0.3 is 5.32 Å². The average Bonchev–Trinajstić information content (AvgIpc) is 2.43. The van der Waals surface area contributed by atoms with E-state index < -0.39 is 0 Å². The quantitative estimate of drug-likeness (QED) is 0.708. The minimum Gasteiger partial charge on any atom is -0.383 e. The van der Waals surface area contributed by atoms with Crippen LogP contribution in [0.25, 0.3) is 0 Å². The van der Waals surface area contributed by atoms with E-state index in [2.05, 4.69) is 97.5 Å². The fourth-order valence-corrected chi connectivity index (χ4v) is 3.17. The van der Waals surface area contributed by atoms with Crippen LogP contribution in [0.5, 0.6) is 0 Å². The average molecular weight is 346 g/mol. The maximum atomic E-state index is 3.61. The van der Waals surface area contributed by atoms with Gasteiger partial charge in [0.05, 0.1) is 0 Å². The number of rotatable bonds is 5. The monoisotopic (exact) mass is 345 g/mol. The summed E-state index contributed by atoms with van der Waals surface area (Å²) in [6.45, 7) is 8.98. The second kappa shape index (κ2) is 6.65. The van der Waals surface area contributed by atoms with E-state index in [1.165, 1.54) is 16.8 Å². The number of hydrogen-bond donors (Lipinski definition) is 1. The predicted molar refractivity (Wildman–Crippen MR) is 96.0 cm³/mol. The first kappa shape index (κ1) is 16.1. The number of benzene rings is 2. The zero-order valence-electron chi connectivity index (χ0n) is 13.3. The van der Waals surface area contributed by atoms with E-state index in [0.717, 1.165) is 10.9 Å². The van der Waals surface area contributed by atoms with Crippen molar-refractivity contribution >= 4 is 21.6 Å². The van der Waals surface area contributed by atoms with Crippen LogP contribution in [0.3, 0.4) is 0 Å². The van der Waals surface area contributed by atoms with Crippen LogP contribution in [0.2, 0.25) is 0 Å². The Balaban J connectivity index is 2.04. The summed E-state index contributed by atoms with van der Waals surface area (Å²) in [5, 5.41) is 3.61. The highest BCUT2D eigenvalue weighted by molar-refractivity contribution is 9.10. The zero-order chi connectivity index (χ0) is 15.5. The number of halogens is 1. The van der Waals surface area contributed by atoms with Crippen LogP contribution in [-0.2, 0) is 5.41 Å². The van der Waals surface area contributed by atoms with Crippen LogP contribution in [0, 0.1) is 6.92 Å².